The van der Waals surface area contributed by atoms with E-state index >= 15 is 0 Å². The van der Waals surface area contributed by atoms with E-state index in [9.17, 15) is 30.0 Å². The maximum Gasteiger partial charge on any atom is 0.309 e. The Kier molecular flexibility index (Phi) is 8.89. The lowest BCUT2D eigenvalue weighted by atomic mass is 9.66. The molecule has 2 rings (SSSR count). The van der Waals surface area contributed by atoms with Crippen molar-refractivity contribution >= 4 is 5.97 Å². The van der Waals surface area contributed by atoms with Gasteiger partial charge in [-0.15, -0.1) is 6.58 Å². The highest BCUT2D eigenvalue weighted by molar-refractivity contribution is 5.69. The standard InChI is InChI=1S/C23H35NO8/c1-6-15-10-12(2)9-13(3)19(15)20-16(26)7-8-24(23(20)30)32-17(11-18(27)31-5)22(29)21(28)14(4)25/h6-8,12-15,17,19,21-22,25-26,28-29H,1,9-11H2,2-5H3/t12-,13+,14-,15-,17-,19-,21-,22+/m1/s1. The summed E-state index contributed by atoms with van der Waals surface area (Å²) >= 11 is 0. The summed E-state index contributed by atoms with van der Waals surface area (Å²) in [6.07, 6.45) is -1.78. The average Bonchev–Trinajstić information content (AvgIpc) is 2.74. The molecule has 4 N–H and O–H groups in total. The Morgan fingerprint density at radius 1 is 1.28 bits per heavy atom. The van der Waals surface area contributed by atoms with E-state index in [1.54, 1.807) is 6.08 Å². The maximum atomic E-state index is 13.3. The van der Waals surface area contributed by atoms with Gasteiger partial charge in [-0.05, 0) is 37.5 Å². The molecule has 0 amide bonds. The van der Waals surface area contributed by atoms with E-state index in [1.165, 1.54) is 19.2 Å². The van der Waals surface area contributed by atoms with E-state index in [1.807, 2.05) is 6.92 Å². The number of carbonyl (C=O) groups excluding carboxylic acids is 1. The number of allylic oxidation sites excluding steroid dienone is 1. The topological polar surface area (TPSA) is 138 Å². The van der Waals surface area contributed by atoms with Crippen LogP contribution in [-0.2, 0) is 9.53 Å². The molecule has 9 heteroatoms. The van der Waals surface area contributed by atoms with Crippen LogP contribution in [0.3, 0.4) is 0 Å². The molecular formula is C23H35NO8. The average molecular weight is 454 g/mol. The Balaban J connectivity index is 2.45. The van der Waals surface area contributed by atoms with Gasteiger partial charge in [0.05, 0.1) is 31.4 Å². The second-order valence-electron chi connectivity index (χ2n) is 8.87. The van der Waals surface area contributed by atoms with E-state index in [0.29, 0.717) is 5.92 Å². The number of hydrogen-bond donors (Lipinski definition) is 4. The third-order valence-corrected chi connectivity index (χ3v) is 6.30. The van der Waals surface area contributed by atoms with Crippen molar-refractivity contribution in [3.63, 3.8) is 0 Å². The summed E-state index contributed by atoms with van der Waals surface area (Å²) in [4.78, 5) is 30.8. The van der Waals surface area contributed by atoms with Crippen LogP contribution in [0.15, 0.2) is 29.7 Å². The monoisotopic (exact) mass is 453 g/mol. The van der Waals surface area contributed by atoms with Crippen molar-refractivity contribution in [1.82, 2.24) is 4.73 Å². The van der Waals surface area contributed by atoms with Gasteiger partial charge in [0, 0.05) is 12.0 Å². The summed E-state index contributed by atoms with van der Waals surface area (Å²) in [6, 6.07) is 1.31. The molecule has 0 saturated heterocycles. The van der Waals surface area contributed by atoms with Gasteiger partial charge < -0.3 is 30.0 Å². The number of carbonyl (C=O) groups is 1. The fraction of sp³-hybridized carbons (Fsp3) is 0.652. The van der Waals surface area contributed by atoms with Crippen LogP contribution in [0.1, 0.15) is 51.5 Å². The van der Waals surface area contributed by atoms with Gasteiger partial charge in [0.15, 0.2) is 6.10 Å². The number of nitrogens with zero attached hydrogens (tertiary/aromatic N) is 1. The molecule has 0 aliphatic heterocycles. The van der Waals surface area contributed by atoms with Crippen molar-refractivity contribution in [2.75, 3.05) is 7.11 Å². The van der Waals surface area contributed by atoms with Crippen LogP contribution in [0.25, 0.3) is 0 Å². The van der Waals surface area contributed by atoms with Crippen molar-refractivity contribution in [3.8, 4) is 5.75 Å². The SMILES string of the molecule is C=C[C@@H]1C[C@H](C)C[C@H](C)[C@H]1c1c(O)ccn(O[C@H](CC(=O)OC)[C@H](O)[C@H](O)[C@@H](C)O)c1=O. The first-order valence-corrected chi connectivity index (χ1v) is 10.9. The maximum absolute atomic E-state index is 13.3. The predicted octanol–water partition coefficient (Wildman–Crippen LogP) is 0.969. The summed E-state index contributed by atoms with van der Waals surface area (Å²) in [5, 5.41) is 40.7. The second kappa shape index (κ2) is 11.0. The molecule has 1 aliphatic carbocycles. The summed E-state index contributed by atoms with van der Waals surface area (Å²) in [5.41, 5.74) is -0.448. The number of hydrogen-bond acceptors (Lipinski definition) is 8. The van der Waals surface area contributed by atoms with Gasteiger partial charge in [0.2, 0.25) is 0 Å². The minimum atomic E-state index is -1.69. The van der Waals surface area contributed by atoms with Gasteiger partial charge >= 0.3 is 5.97 Å². The largest absolute Gasteiger partial charge is 0.507 e. The molecule has 9 nitrogen and oxygen atoms in total. The number of rotatable bonds is 9. The summed E-state index contributed by atoms with van der Waals surface area (Å²) in [7, 11) is 1.16. The zero-order valence-electron chi connectivity index (χ0n) is 19.0. The van der Waals surface area contributed by atoms with Gasteiger partial charge in [-0.25, -0.2) is 0 Å². The number of aliphatic hydroxyl groups excluding tert-OH is 3. The molecule has 0 unspecified atom stereocenters. The van der Waals surface area contributed by atoms with Crippen LogP contribution in [0.4, 0.5) is 0 Å². The number of methoxy groups -OCH3 is 1. The molecule has 0 bridgehead atoms. The summed E-state index contributed by atoms with van der Waals surface area (Å²) < 4.78 is 5.46. The Hall–Kier alpha value is -2.36. The molecule has 0 spiro atoms. The molecule has 1 saturated carbocycles. The van der Waals surface area contributed by atoms with Crippen molar-refractivity contribution in [2.45, 2.75) is 70.4 Å². The first-order chi connectivity index (χ1) is 15.0. The van der Waals surface area contributed by atoms with Crippen LogP contribution in [0.2, 0.25) is 0 Å². The van der Waals surface area contributed by atoms with Gasteiger partial charge in [-0.1, -0.05) is 19.9 Å². The van der Waals surface area contributed by atoms with Crippen molar-refractivity contribution in [2.24, 2.45) is 17.8 Å². The molecule has 8 atom stereocenters. The number of pyridine rings is 1. The van der Waals surface area contributed by atoms with Crippen LogP contribution in [0, 0.1) is 17.8 Å². The van der Waals surface area contributed by atoms with E-state index in [0.717, 1.165) is 24.7 Å². The molecule has 0 aromatic carbocycles. The molecule has 1 aliphatic rings. The van der Waals surface area contributed by atoms with Crippen LogP contribution in [-0.4, -0.2) is 62.7 Å². The number of esters is 1. The molecule has 1 fully saturated rings. The molecule has 1 aromatic heterocycles. The van der Waals surface area contributed by atoms with Crippen LogP contribution >= 0.6 is 0 Å². The van der Waals surface area contributed by atoms with E-state index < -0.39 is 42.4 Å². The Morgan fingerprint density at radius 3 is 2.50 bits per heavy atom. The zero-order valence-corrected chi connectivity index (χ0v) is 19.0. The highest BCUT2D eigenvalue weighted by Crippen LogP contribution is 2.45. The highest BCUT2D eigenvalue weighted by Gasteiger charge is 2.38. The third-order valence-electron chi connectivity index (χ3n) is 6.30. The normalized spacial score (nSPS) is 27.1. The lowest BCUT2D eigenvalue weighted by molar-refractivity contribution is -0.155. The summed E-state index contributed by atoms with van der Waals surface area (Å²) in [5.74, 6) is -0.640. The lowest BCUT2D eigenvalue weighted by Gasteiger charge is -2.38. The van der Waals surface area contributed by atoms with E-state index in [2.05, 4.69) is 18.2 Å². The first kappa shape index (κ1) is 25.9. The van der Waals surface area contributed by atoms with Crippen molar-refractivity contribution in [1.29, 1.82) is 0 Å². The molecule has 180 valence electrons. The van der Waals surface area contributed by atoms with Crippen molar-refractivity contribution < 1.29 is 34.8 Å². The quantitative estimate of drug-likeness (QED) is 0.320. The predicted molar refractivity (Wildman–Crippen MR) is 117 cm³/mol. The Bertz CT molecular complexity index is 851. The van der Waals surface area contributed by atoms with Crippen molar-refractivity contribution in [3.05, 3.63) is 40.8 Å². The minimum absolute atomic E-state index is 0.0169. The third kappa shape index (κ3) is 5.70. The van der Waals surface area contributed by atoms with Gasteiger partial charge in [-0.3, -0.25) is 9.59 Å². The second-order valence-corrected chi connectivity index (χ2v) is 8.87. The summed E-state index contributed by atoms with van der Waals surface area (Å²) in [6.45, 7) is 9.34. The molecule has 32 heavy (non-hydrogen) atoms. The highest BCUT2D eigenvalue weighted by atomic mass is 16.7. The van der Waals surface area contributed by atoms with Crippen LogP contribution in [0.5, 0.6) is 5.75 Å². The molecular weight excluding hydrogens is 418 g/mol. The fourth-order valence-electron chi connectivity index (χ4n) is 4.69. The van der Waals surface area contributed by atoms with E-state index in [4.69, 9.17) is 4.84 Å². The lowest BCUT2D eigenvalue weighted by Crippen LogP contribution is -2.50. The Morgan fingerprint density at radius 2 is 1.94 bits per heavy atom. The van der Waals surface area contributed by atoms with Gasteiger partial charge in [0.1, 0.15) is 18.0 Å². The smallest absolute Gasteiger partial charge is 0.309 e. The number of aromatic nitrogens is 1. The van der Waals surface area contributed by atoms with Crippen LogP contribution < -0.4 is 10.4 Å². The Labute approximate surface area is 187 Å². The zero-order chi connectivity index (χ0) is 24.2. The molecule has 1 aromatic rings. The number of ether oxygens (including phenoxy) is 1. The number of aromatic hydroxyl groups is 1. The van der Waals surface area contributed by atoms with Gasteiger partial charge in [-0.2, -0.15) is 4.73 Å². The molecule has 1 heterocycles. The number of aliphatic hydroxyl groups is 3. The van der Waals surface area contributed by atoms with Gasteiger partial charge in [0.25, 0.3) is 5.56 Å². The first-order valence-electron chi connectivity index (χ1n) is 10.9. The minimum Gasteiger partial charge on any atom is -0.507 e. The fourth-order valence-corrected chi connectivity index (χ4v) is 4.69. The van der Waals surface area contributed by atoms with E-state index in [-0.39, 0.29) is 29.1 Å². The molecule has 0 radical (unpaired) electrons.